The molecule has 0 spiro atoms. The Labute approximate surface area is 363 Å². The van der Waals surface area contributed by atoms with E-state index in [9.17, 15) is 19.1 Å². The van der Waals surface area contributed by atoms with E-state index in [1.165, 1.54) is 74.2 Å². The topological polar surface area (TPSA) is 85.5 Å². The average Bonchev–Trinajstić information content (AvgIpc) is 3.29. The molecular formula is C53H53F2N5O2. The maximum absolute atomic E-state index is 13.9. The zero-order chi connectivity index (χ0) is 43.3. The van der Waals surface area contributed by atoms with E-state index in [4.69, 9.17) is 14.7 Å². The smallest absolute Gasteiger partial charge is 0.137 e. The number of aliphatic hydroxyl groups is 1. The molecule has 9 rings (SSSR count). The van der Waals surface area contributed by atoms with Crippen molar-refractivity contribution in [2.24, 2.45) is 0 Å². The van der Waals surface area contributed by atoms with Gasteiger partial charge >= 0.3 is 0 Å². The van der Waals surface area contributed by atoms with Gasteiger partial charge in [-0.25, -0.2) is 8.78 Å². The predicted molar refractivity (Wildman–Crippen MR) is 247 cm³/mol. The number of halogens is 2. The number of benzene rings is 5. The Morgan fingerprint density at radius 1 is 0.613 bits per heavy atom. The highest BCUT2D eigenvalue weighted by atomic mass is 19.1. The molecule has 2 saturated heterocycles. The number of rotatable bonds is 8. The number of nitriles is 1. The molecule has 0 aliphatic carbocycles. The highest BCUT2D eigenvalue weighted by molar-refractivity contribution is 6.00. The Morgan fingerprint density at radius 3 is 1.53 bits per heavy atom. The van der Waals surface area contributed by atoms with Crippen LogP contribution in [0, 0.1) is 36.8 Å². The van der Waals surface area contributed by atoms with Gasteiger partial charge in [0.2, 0.25) is 0 Å². The van der Waals surface area contributed by atoms with Crippen molar-refractivity contribution in [1.82, 2.24) is 9.97 Å². The van der Waals surface area contributed by atoms with E-state index in [-0.39, 0.29) is 17.7 Å². The Hall–Kier alpha value is -6.37. The Morgan fingerprint density at radius 2 is 1.06 bits per heavy atom. The summed E-state index contributed by atoms with van der Waals surface area (Å²) in [6.07, 6.45) is 6.36. The van der Waals surface area contributed by atoms with E-state index >= 15 is 0 Å². The molecule has 4 heterocycles. The van der Waals surface area contributed by atoms with Crippen LogP contribution in [0.4, 0.5) is 20.2 Å². The Balaban J connectivity index is 0.000000176. The van der Waals surface area contributed by atoms with Crippen molar-refractivity contribution in [3.63, 3.8) is 0 Å². The SMILES string of the molecule is Cc1nc2ccc(N3CCCCC3)cc2c(-c2ccc(F)cc2)c1C(C)O.Cc1nc2ccc(N3CCCCC3)cc2c(-c2ccc(F)cc2)c1C(C)Oc1ccccc1C#N. The molecule has 62 heavy (non-hydrogen) atoms. The summed E-state index contributed by atoms with van der Waals surface area (Å²) in [4.78, 5) is 14.5. The summed E-state index contributed by atoms with van der Waals surface area (Å²) < 4.78 is 33.7. The number of ether oxygens (including phenoxy) is 1. The van der Waals surface area contributed by atoms with Crippen molar-refractivity contribution in [2.75, 3.05) is 36.0 Å². The van der Waals surface area contributed by atoms with Gasteiger partial charge in [-0.2, -0.15) is 5.26 Å². The lowest BCUT2D eigenvalue weighted by molar-refractivity contribution is 0.199. The fourth-order valence-electron chi connectivity index (χ4n) is 9.25. The molecular weight excluding hydrogens is 777 g/mol. The molecule has 1 N–H and O–H groups in total. The summed E-state index contributed by atoms with van der Waals surface area (Å²) in [5, 5.41) is 22.0. The fourth-order valence-corrected chi connectivity index (χ4v) is 9.25. The molecule has 2 unspecified atom stereocenters. The molecule has 7 nitrogen and oxygen atoms in total. The number of fused-ring (bicyclic) bond motifs is 2. The minimum atomic E-state index is -0.652. The molecule has 2 fully saturated rings. The summed E-state index contributed by atoms with van der Waals surface area (Å²) in [6, 6.07) is 35.4. The normalized spacial score (nSPS) is 15.1. The van der Waals surface area contributed by atoms with Crippen LogP contribution in [0.15, 0.2) is 109 Å². The van der Waals surface area contributed by atoms with Crippen LogP contribution >= 0.6 is 0 Å². The van der Waals surface area contributed by atoms with Crippen molar-refractivity contribution in [2.45, 2.75) is 78.4 Å². The first-order valence-electron chi connectivity index (χ1n) is 21.8. The number of piperidine rings is 2. The van der Waals surface area contributed by atoms with Crippen LogP contribution in [0.25, 0.3) is 44.1 Å². The van der Waals surface area contributed by atoms with E-state index < -0.39 is 6.10 Å². The first-order chi connectivity index (χ1) is 30.1. The van der Waals surface area contributed by atoms with Crippen molar-refractivity contribution in [3.8, 4) is 34.1 Å². The zero-order valence-electron chi connectivity index (χ0n) is 36.0. The molecule has 9 heteroatoms. The van der Waals surface area contributed by atoms with Crippen LogP contribution < -0.4 is 14.5 Å². The van der Waals surface area contributed by atoms with E-state index in [2.05, 4.69) is 52.3 Å². The van der Waals surface area contributed by atoms with E-state index in [1.54, 1.807) is 25.1 Å². The van der Waals surface area contributed by atoms with Gasteiger partial charge in [-0.3, -0.25) is 9.97 Å². The molecule has 2 aliphatic rings. The van der Waals surface area contributed by atoms with Crippen LogP contribution in [0.3, 0.4) is 0 Å². The molecule has 7 aromatic rings. The number of aryl methyl sites for hydroxylation is 2. The standard InChI is InChI=1S/C30H28FN3O.C23H25FN2O/c1-20-29(21(2)35-28-9-5-4-8-23(28)19-32)30(22-10-12-24(31)13-11-22)26-18-25(14-15-27(26)33-20)34-16-6-3-7-17-34;1-15-22(16(2)27)23(17-6-8-18(24)9-7-17)20-14-19(10-11-21(20)25-15)26-12-4-3-5-13-26/h4-5,8-15,18,21H,3,6-7,16-17H2,1-2H3;6-11,14,16,27H,3-5,12-13H2,1-2H3. The Bertz CT molecular complexity index is 2740. The van der Waals surface area contributed by atoms with Gasteiger partial charge < -0.3 is 19.6 Å². The number of aromatic nitrogens is 2. The predicted octanol–water partition coefficient (Wildman–Crippen LogP) is 12.7. The van der Waals surface area contributed by atoms with Gasteiger partial charge in [-0.1, -0.05) is 36.4 Å². The van der Waals surface area contributed by atoms with E-state index in [0.717, 1.165) is 92.8 Å². The minimum absolute atomic E-state index is 0.263. The van der Waals surface area contributed by atoms with Crippen LogP contribution in [0.5, 0.6) is 5.75 Å². The third-order valence-electron chi connectivity index (χ3n) is 12.2. The number of pyridine rings is 2. The highest BCUT2D eigenvalue weighted by Crippen LogP contribution is 2.41. The summed E-state index contributed by atoms with van der Waals surface area (Å²) in [5.74, 6) is 0.00203. The number of hydrogen-bond donors (Lipinski definition) is 1. The number of hydrogen-bond acceptors (Lipinski definition) is 7. The van der Waals surface area contributed by atoms with Crippen LogP contribution in [0.2, 0.25) is 0 Å². The third-order valence-corrected chi connectivity index (χ3v) is 12.2. The lowest BCUT2D eigenvalue weighted by Gasteiger charge is -2.29. The van der Waals surface area contributed by atoms with Crippen LogP contribution in [0.1, 0.15) is 92.7 Å². The minimum Gasteiger partial charge on any atom is -0.485 e. The average molecular weight is 830 g/mol. The maximum atomic E-state index is 13.9. The third kappa shape index (κ3) is 8.98. The Kier molecular flexibility index (Phi) is 12.8. The molecule has 2 aliphatic heterocycles. The first kappa shape index (κ1) is 42.3. The zero-order valence-corrected chi connectivity index (χ0v) is 36.0. The molecule has 2 atom stereocenters. The summed E-state index contributed by atoms with van der Waals surface area (Å²) in [5.41, 5.74) is 11.8. The number of anilines is 2. The van der Waals surface area contributed by atoms with Gasteiger partial charge in [0.05, 0.1) is 22.7 Å². The second-order valence-electron chi connectivity index (χ2n) is 16.5. The van der Waals surface area contributed by atoms with Crippen molar-refractivity contribution >= 4 is 33.2 Å². The molecule has 0 amide bonds. The molecule has 0 radical (unpaired) electrons. The van der Waals surface area contributed by atoms with Gasteiger partial charge in [0.1, 0.15) is 29.6 Å². The monoisotopic (exact) mass is 829 g/mol. The summed E-state index contributed by atoms with van der Waals surface area (Å²) in [7, 11) is 0. The van der Waals surface area contributed by atoms with E-state index in [0.29, 0.717) is 11.3 Å². The number of para-hydroxylation sites is 1. The number of aliphatic hydroxyl groups excluding tert-OH is 1. The van der Waals surface area contributed by atoms with E-state index in [1.807, 2.05) is 51.1 Å². The van der Waals surface area contributed by atoms with Crippen molar-refractivity contribution < 1.29 is 18.6 Å². The maximum Gasteiger partial charge on any atom is 0.137 e. The van der Waals surface area contributed by atoms with Gasteiger partial charge in [-0.15, -0.1) is 0 Å². The molecule has 5 aromatic carbocycles. The van der Waals surface area contributed by atoms with Crippen LogP contribution in [-0.2, 0) is 0 Å². The van der Waals surface area contributed by atoms with Gasteiger partial charge in [0.15, 0.2) is 0 Å². The van der Waals surface area contributed by atoms with Crippen LogP contribution in [-0.4, -0.2) is 41.3 Å². The largest absolute Gasteiger partial charge is 0.485 e. The lowest BCUT2D eigenvalue weighted by atomic mass is 9.91. The molecule has 2 aromatic heterocycles. The summed E-state index contributed by atoms with van der Waals surface area (Å²) in [6.45, 7) is 11.9. The van der Waals surface area contributed by atoms with Crippen molar-refractivity contribution in [1.29, 1.82) is 5.26 Å². The van der Waals surface area contributed by atoms with Gasteiger partial charge in [-0.05, 0) is 161 Å². The summed E-state index contributed by atoms with van der Waals surface area (Å²) >= 11 is 0. The second kappa shape index (κ2) is 18.7. The first-order valence-corrected chi connectivity index (χ1v) is 21.8. The van der Waals surface area contributed by atoms with Gasteiger partial charge in [0, 0.05) is 70.8 Å². The highest BCUT2D eigenvalue weighted by Gasteiger charge is 2.24. The second-order valence-corrected chi connectivity index (χ2v) is 16.5. The fraction of sp³-hybridized carbons (Fsp3) is 0.302. The molecule has 0 bridgehead atoms. The number of nitrogens with zero attached hydrogens (tertiary/aromatic N) is 5. The molecule has 316 valence electrons. The van der Waals surface area contributed by atoms with Crippen molar-refractivity contribution in [3.05, 3.63) is 149 Å². The van der Waals surface area contributed by atoms with Gasteiger partial charge in [0.25, 0.3) is 0 Å². The quantitative estimate of drug-likeness (QED) is 0.163. The molecule has 0 saturated carbocycles. The lowest BCUT2D eigenvalue weighted by Crippen LogP contribution is -2.29.